The average Bonchev–Trinajstić information content (AvgIpc) is 3.36. The lowest BCUT2D eigenvalue weighted by Gasteiger charge is -2.39. The fourth-order valence-electron chi connectivity index (χ4n) is 7.41. The zero-order chi connectivity index (χ0) is 30.6. The zero-order valence-corrected chi connectivity index (χ0v) is 25.9. The van der Waals surface area contributed by atoms with Gasteiger partial charge in [0, 0.05) is 30.1 Å². The number of nitrogens with zero attached hydrogens (tertiary/aromatic N) is 1. The second kappa shape index (κ2) is 11.4. The fraction of sp³-hybridized carbons (Fsp3) is 0.531. The van der Waals surface area contributed by atoms with E-state index in [1.807, 2.05) is 20.8 Å². The van der Waals surface area contributed by atoms with Gasteiger partial charge in [0.25, 0.3) is 0 Å². The molecule has 3 amide bonds. The second-order valence-electron chi connectivity index (χ2n) is 13.2. The largest absolute Gasteiger partial charge is 0.393 e. The minimum absolute atomic E-state index is 0.101. The third kappa shape index (κ3) is 5.31. The number of benzene rings is 2. The lowest BCUT2D eigenvalue weighted by atomic mass is 9.62. The van der Waals surface area contributed by atoms with E-state index in [1.54, 1.807) is 30.3 Å². The number of fused-ring (bicyclic) bond motifs is 2. The van der Waals surface area contributed by atoms with Crippen LogP contribution in [0.5, 0.6) is 0 Å². The lowest BCUT2D eigenvalue weighted by molar-refractivity contribution is -0.140. The standard InChI is InChI=1S/C32H38Cl2FN3O4/c1-17(39)38-25(15-31(2,3)4)32(22-13-10-19(33)14-24(22)37-30(32)42)26(21-6-5-7-23(34)27(21)35)28(38)29(41)36-16-18-8-11-20(40)12-9-18/h5-7,10,13-14,18,20,25-26,28,40H,8-9,11-12,15-16H2,1-4H3,(H,36,41)(H,37,42)/t18?,20?,25-,26-,28+,32+/m0/s1. The van der Waals surface area contributed by atoms with Crippen LogP contribution in [0, 0.1) is 17.2 Å². The SMILES string of the molecule is CC(=O)N1[C@@H](CC(C)(C)C)[C@@]2(C(=O)Nc3cc(Cl)ccc32)[C@@H](c2cccc(Cl)c2F)[C@@H]1C(=O)NCC1CCC(O)CC1. The van der Waals surface area contributed by atoms with Crippen molar-refractivity contribution in [2.75, 3.05) is 11.9 Å². The van der Waals surface area contributed by atoms with Crippen molar-refractivity contribution in [3.63, 3.8) is 0 Å². The Morgan fingerprint density at radius 1 is 1.14 bits per heavy atom. The van der Waals surface area contributed by atoms with E-state index in [4.69, 9.17) is 23.2 Å². The summed E-state index contributed by atoms with van der Waals surface area (Å²) in [5, 5.41) is 16.2. The number of rotatable bonds is 5. The topological polar surface area (TPSA) is 98.7 Å². The molecule has 3 N–H and O–H groups in total. The van der Waals surface area contributed by atoms with Gasteiger partial charge in [-0.3, -0.25) is 14.4 Å². The number of hydrogen-bond acceptors (Lipinski definition) is 4. The molecule has 2 aromatic carbocycles. The van der Waals surface area contributed by atoms with Gasteiger partial charge >= 0.3 is 0 Å². The minimum atomic E-state index is -1.50. The molecule has 2 aliphatic heterocycles. The Bertz CT molecular complexity index is 1400. The maximum absolute atomic E-state index is 16.1. The summed E-state index contributed by atoms with van der Waals surface area (Å²) >= 11 is 12.6. The fourth-order valence-corrected chi connectivity index (χ4v) is 7.76. The highest BCUT2D eigenvalue weighted by atomic mass is 35.5. The van der Waals surface area contributed by atoms with Gasteiger partial charge in [-0.2, -0.15) is 0 Å². The van der Waals surface area contributed by atoms with E-state index in [0.717, 1.165) is 12.8 Å². The molecule has 0 radical (unpaired) electrons. The van der Waals surface area contributed by atoms with Crippen LogP contribution in [0.1, 0.15) is 76.8 Å². The molecule has 1 aliphatic carbocycles. The predicted molar refractivity (Wildman–Crippen MR) is 161 cm³/mol. The van der Waals surface area contributed by atoms with Gasteiger partial charge in [0.2, 0.25) is 17.7 Å². The van der Waals surface area contributed by atoms with E-state index in [0.29, 0.717) is 42.1 Å². The number of nitrogens with one attached hydrogen (secondary N) is 2. The van der Waals surface area contributed by atoms with Crippen LogP contribution in [0.2, 0.25) is 10.0 Å². The molecule has 1 spiro atoms. The first kappa shape index (κ1) is 30.8. The summed E-state index contributed by atoms with van der Waals surface area (Å²) in [7, 11) is 0. The van der Waals surface area contributed by atoms with E-state index in [2.05, 4.69) is 10.6 Å². The van der Waals surface area contributed by atoms with Crippen LogP contribution in [-0.2, 0) is 19.8 Å². The summed E-state index contributed by atoms with van der Waals surface area (Å²) in [5.41, 5.74) is -0.722. The van der Waals surface area contributed by atoms with E-state index < -0.39 is 41.0 Å². The maximum atomic E-state index is 16.1. The molecule has 10 heteroatoms. The quantitative estimate of drug-likeness (QED) is 0.394. The first-order chi connectivity index (χ1) is 19.8. The van der Waals surface area contributed by atoms with Crippen molar-refractivity contribution in [2.45, 2.75) is 89.3 Å². The molecule has 4 atom stereocenters. The first-order valence-corrected chi connectivity index (χ1v) is 15.3. The monoisotopic (exact) mass is 617 g/mol. The Hall–Kier alpha value is -2.68. The van der Waals surface area contributed by atoms with Gasteiger partial charge in [0.15, 0.2) is 0 Å². The van der Waals surface area contributed by atoms with Crippen molar-refractivity contribution in [3.8, 4) is 0 Å². The third-order valence-electron chi connectivity index (χ3n) is 9.15. The van der Waals surface area contributed by atoms with Gasteiger partial charge in [-0.1, -0.05) is 62.2 Å². The highest BCUT2D eigenvalue weighted by molar-refractivity contribution is 6.31. The Balaban J connectivity index is 1.72. The molecule has 226 valence electrons. The van der Waals surface area contributed by atoms with Gasteiger partial charge in [0.1, 0.15) is 17.3 Å². The van der Waals surface area contributed by atoms with Crippen LogP contribution in [-0.4, -0.2) is 52.5 Å². The van der Waals surface area contributed by atoms with E-state index >= 15 is 4.39 Å². The number of amides is 3. The minimum Gasteiger partial charge on any atom is -0.393 e. The van der Waals surface area contributed by atoms with E-state index in [-0.39, 0.29) is 33.9 Å². The normalized spacial score (nSPS) is 29.0. The molecule has 7 nitrogen and oxygen atoms in total. The summed E-state index contributed by atoms with van der Waals surface area (Å²) in [6, 6.07) is 7.67. The van der Waals surface area contributed by atoms with Gasteiger partial charge in [-0.25, -0.2) is 4.39 Å². The van der Waals surface area contributed by atoms with Crippen LogP contribution in [0.4, 0.5) is 10.1 Å². The highest BCUT2D eigenvalue weighted by Crippen LogP contribution is 2.60. The van der Waals surface area contributed by atoms with Gasteiger partial charge < -0.3 is 20.6 Å². The van der Waals surface area contributed by atoms with Crippen molar-refractivity contribution in [1.29, 1.82) is 0 Å². The Morgan fingerprint density at radius 2 is 1.83 bits per heavy atom. The number of halogens is 3. The molecule has 0 aromatic heterocycles. The van der Waals surface area contributed by atoms with Gasteiger partial charge in [-0.05, 0) is 72.8 Å². The van der Waals surface area contributed by atoms with Crippen LogP contribution in [0.25, 0.3) is 0 Å². The van der Waals surface area contributed by atoms with E-state index in [1.165, 1.54) is 17.9 Å². The second-order valence-corrected chi connectivity index (χ2v) is 14.0. The molecule has 3 aliphatic rings. The highest BCUT2D eigenvalue weighted by Gasteiger charge is 2.70. The van der Waals surface area contributed by atoms with Crippen molar-refractivity contribution < 1.29 is 23.9 Å². The zero-order valence-electron chi connectivity index (χ0n) is 24.3. The Labute approximate surface area is 256 Å². The molecule has 5 rings (SSSR count). The first-order valence-electron chi connectivity index (χ1n) is 14.6. The molecule has 0 unspecified atom stereocenters. The molecular formula is C32H38Cl2FN3O4. The molecule has 0 bridgehead atoms. The Morgan fingerprint density at radius 3 is 2.48 bits per heavy atom. The number of anilines is 1. The van der Waals surface area contributed by atoms with Gasteiger partial charge in [0.05, 0.1) is 17.2 Å². The van der Waals surface area contributed by atoms with Crippen molar-refractivity contribution in [2.24, 2.45) is 11.3 Å². The predicted octanol–water partition coefficient (Wildman–Crippen LogP) is 5.81. The number of aliphatic hydroxyl groups excluding tert-OH is 1. The molecule has 2 heterocycles. The summed E-state index contributed by atoms with van der Waals surface area (Å²) in [6.45, 7) is 7.77. The summed E-state index contributed by atoms with van der Waals surface area (Å²) in [6.07, 6.45) is 2.89. The number of carbonyl (C=O) groups excluding carboxylic acids is 3. The van der Waals surface area contributed by atoms with Crippen LogP contribution < -0.4 is 10.6 Å². The van der Waals surface area contributed by atoms with Gasteiger partial charge in [-0.15, -0.1) is 0 Å². The lowest BCUT2D eigenvalue weighted by Crippen LogP contribution is -2.52. The van der Waals surface area contributed by atoms with Crippen molar-refractivity contribution in [1.82, 2.24) is 10.2 Å². The number of hydrogen-bond donors (Lipinski definition) is 3. The summed E-state index contributed by atoms with van der Waals surface area (Å²) in [5.74, 6) is -2.89. The Kier molecular flexibility index (Phi) is 8.38. The smallest absolute Gasteiger partial charge is 0.243 e. The molecule has 2 aromatic rings. The molecule has 42 heavy (non-hydrogen) atoms. The van der Waals surface area contributed by atoms with E-state index in [9.17, 15) is 19.5 Å². The average molecular weight is 619 g/mol. The summed E-state index contributed by atoms with van der Waals surface area (Å²) in [4.78, 5) is 43.8. The number of carbonyl (C=O) groups is 3. The van der Waals surface area contributed by atoms with Crippen molar-refractivity contribution in [3.05, 3.63) is 63.4 Å². The van der Waals surface area contributed by atoms with Crippen LogP contribution >= 0.6 is 23.2 Å². The number of aliphatic hydroxyl groups is 1. The van der Waals surface area contributed by atoms with Crippen molar-refractivity contribution >= 4 is 46.6 Å². The third-order valence-corrected chi connectivity index (χ3v) is 9.68. The molecule has 2 fully saturated rings. The molecule has 1 saturated carbocycles. The maximum Gasteiger partial charge on any atom is 0.243 e. The number of likely N-dealkylation sites (tertiary alicyclic amines) is 1. The molecular weight excluding hydrogens is 580 g/mol. The van der Waals surface area contributed by atoms with Crippen LogP contribution in [0.15, 0.2) is 36.4 Å². The molecule has 1 saturated heterocycles. The summed E-state index contributed by atoms with van der Waals surface area (Å²) < 4.78 is 16.1. The van der Waals surface area contributed by atoms with Crippen LogP contribution in [0.3, 0.4) is 0 Å².